The van der Waals surface area contributed by atoms with Crippen molar-refractivity contribution in [2.45, 2.75) is 26.7 Å². The second-order valence-electron chi connectivity index (χ2n) is 8.72. The van der Waals surface area contributed by atoms with Gasteiger partial charge < -0.3 is 0 Å². The molecule has 5 rings (SSSR count). The summed E-state index contributed by atoms with van der Waals surface area (Å²) in [5.74, 6) is -0.672. The molecular formula is C25H21FN4O. The topological polar surface area (TPSA) is 59.6 Å². The largest absolute Gasteiger partial charge is 0.278 e. The Morgan fingerprint density at radius 2 is 1.71 bits per heavy atom. The van der Waals surface area contributed by atoms with Gasteiger partial charge in [-0.1, -0.05) is 44.2 Å². The molecule has 2 bridgehead atoms. The maximum atomic E-state index is 13.3. The highest BCUT2D eigenvalue weighted by molar-refractivity contribution is 5.96. The average Bonchev–Trinajstić information content (AvgIpc) is 2.99. The lowest BCUT2D eigenvalue weighted by Crippen LogP contribution is -2.23. The van der Waals surface area contributed by atoms with Gasteiger partial charge >= 0.3 is 0 Å². The number of rotatable bonds is 3. The summed E-state index contributed by atoms with van der Waals surface area (Å²) in [5.41, 5.74) is 3.25. The van der Waals surface area contributed by atoms with E-state index in [2.05, 4.69) is 35.2 Å². The van der Waals surface area contributed by atoms with Gasteiger partial charge in [-0.25, -0.2) is 4.39 Å². The summed E-state index contributed by atoms with van der Waals surface area (Å²) in [7, 11) is 0. The van der Waals surface area contributed by atoms with Crippen LogP contribution in [0.15, 0.2) is 77.0 Å². The van der Waals surface area contributed by atoms with Crippen LogP contribution in [0.3, 0.4) is 0 Å². The van der Waals surface area contributed by atoms with Crippen molar-refractivity contribution in [3.8, 4) is 0 Å². The molecule has 154 valence electrons. The predicted molar refractivity (Wildman–Crippen MR) is 118 cm³/mol. The monoisotopic (exact) mass is 412 g/mol. The highest BCUT2D eigenvalue weighted by Gasteiger charge is 2.35. The number of carbonyl (C=O) groups excluding carboxylic acids is 1. The summed E-state index contributed by atoms with van der Waals surface area (Å²) in [4.78, 5) is 13.1. The first-order valence-electron chi connectivity index (χ1n) is 10.2. The lowest BCUT2D eigenvalue weighted by Gasteiger charge is -2.26. The molecule has 0 unspecified atom stereocenters. The molecule has 0 saturated carbocycles. The van der Waals surface area contributed by atoms with Gasteiger partial charge in [0.25, 0.3) is 5.91 Å². The molecule has 0 N–H and O–H groups in total. The average molecular weight is 412 g/mol. The lowest BCUT2D eigenvalue weighted by atomic mass is 9.79. The van der Waals surface area contributed by atoms with Gasteiger partial charge in [-0.15, -0.1) is 5.11 Å². The van der Waals surface area contributed by atoms with Crippen LogP contribution >= 0.6 is 0 Å². The molecule has 1 aliphatic rings. The molecule has 0 spiro atoms. The number of carbonyl (C=O) groups is 1. The smallest absolute Gasteiger partial charge is 0.267 e. The Morgan fingerprint density at radius 1 is 0.968 bits per heavy atom. The van der Waals surface area contributed by atoms with Crippen LogP contribution in [0.25, 0.3) is 10.8 Å². The van der Waals surface area contributed by atoms with Gasteiger partial charge in [-0.3, -0.25) is 4.79 Å². The third kappa shape index (κ3) is 3.65. The van der Waals surface area contributed by atoms with Crippen molar-refractivity contribution >= 4 is 28.1 Å². The van der Waals surface area contributed by atoms with Crippen LogP contribution in [0.5, 0.6) is 0 Å². The molecule has 0 saturated heterocycles. The normalized spacial score (nSPS) is 14.9. The molecule has 0 amide bonds. The standard InChI is InChI=1S/C25H21FN4O/c1-25(2)14-21-23(28-27-20-12-9-16-5-3-4-6-18(16)13-20)22(15-25)30(29-21)24(31)17-7-10-19(26)11-8-17/h3-13H,14-15H2,1-2H3. The number of halogens is 1. The van der Waals surface area contributed by atoms with Gasteiger partial charge in [0.05, 0.1) is 17.1 Å². The molecule has 1 aromatic heterocycles. The van der Waals surface area contributed by atoms with Crippen molar-refractivity contribution in [1.82, 2.24) is 9.78 Å². The first kappa shape index (κ1) is 19.3. The number of benzene rings is 3. The first-order valence-corrected chi connectivity index (χ1v) is 10.2. The van der Waals surface area contributed by atoms with Crippen LogP contribution in [0.4, 0.5) is 15.8 Å². The van der Waals surface area contributed by atoms with Crippen LogP contribution in [0.1, 0.15) is 35.6 Å². The van der Waals surface area contributed by atoms with E-state index in [1.165, 1.54) is 28.9 Å². The van der Waals surface area contributed by atoms with E-state index in [0.717, 1.165) is 27.8 Å². The van der Waals surface area contributed by atoms with Crippen LogP contribution in [-0.2, 0) is 12.8 Å². The lowest BCUT2D eigenvalue weighted by molar-refractivity contribution is 0.0941. The van der Waals surface area contributed by atoms with Gasteiger partial charge in [-0.2, -0.15) is 14.9 Å². The van der Waals surface area contributed by atoms with Gasteiger partial charge in [0.15, 0.2) is 0 Å². The predicted octanol–water partition coefficient (Wildman–Crippen LogP) is 6.40. The zero-order valence-electron chi connectivity index (χ0n) is 17.3. The summed E-state index contributed by atoms with van der Waals surface area (Å²) < 4.78 is 14.7. The van der Waals surface area contributed by atoms with Crippen LogP contribution in [0, 0.1) is 11.2 Å². The van der Waals surface area contributed by atoms with E-state index in [1.54, 1.807) is 0 Å². The maximum absolute atomic E-state index is 13.3. The van der Waals surface area contributed by atoms with Crippen molar-refractivity contribution in [3.63, 3.8) is 0 Å². The first-order chi connectivity index (χ1) is 14.9. The minimum absolute atomic E-state index is 0.0338. The van der Waals surface area contributed by atoms with Gasteiger partial charge in [0.1, 0.15) is 11.5 Å². The maximum Gasteiger partial charge on any atom is 0.278 e. The van der Waals surface area contributed by atoms with E-state index >= 15 is 0 Å². The second kappa shape index (κ2) is 7.23. The summed E-state index contributed by atoms with van der Waals surface area (Å²) in [6.45, 7) is 4.29. The molecule has 0 fully saturated rings. The SMILES string of the molecule is CC1(C)Cc2nn(C(=O)c3ccc(F)cc3)c(c2N=Nc2ccc3ccccc3c2)C1. The summed E-state index contributed by atoms with van der Waals surface area (Å²) in [5, 5.41) is 15.8. The molecule has 4 aromatic rings. The van der Waals surface area contributed by atoms with Gasteiger partial charge in [-0.05, 0) is 65.4 Å². The number of azo groups is 1. The van der Waals surface area contributed by atoms with Crippen molar-refractivity contribution in [1.29, 1.82) is 0 Å². The number of hydrogen-bond acceptors (Lipinski definition) is 4. The molecule has 1 heterocycles. The van der Waals surface area contributed by atoms with Crippen LogP contribution in [-0.4, -0.2) is 15.7 Å². The van der Waals surface area contributed by atoms with E-state index in [0.29, 0.717) is 24.1 Å². The fourth-order valence-corrected chi connectivity index (χ4v) is 4.09. The quantitative estimate of drug-likeness (QED) is 0.365. The third-order valence-electron chi connectivity index (χ3n) is 5.60. The fourth-order valence-electron chi connectivity index (χ4n) is 4.09. The molecule has 0 radical (unpaired) electrons. The van der Waals surface area contributed by atoms with Crippen LogP contribution < -0.4 is 0 Å². The Bertz CT molecular complexity index is 1340. The Kier molecular flexibility index (Phi) is 4.50. The third-order valence-corrected chi connectivity index (χ3v) is 5.60. The minimum Gasteiger partial charge on any atom is -0.267 e. The Hall–Kier alpha value is -3.67. The molecule has 31 heavy (non-hydrogen) atoms. The van der Waals surface area contributed by atoms with Crippen molar-refractivity contribution in [3.05, 3.63) is 89.5 Å². The Labute approximate surface area is 179 Å². The van der Waals surface area contributed by atoms with E-state index in [9.17, 15) is 9.18 Å². The zero-order chi connectivity index (χ0) is 21.6. The van der Waals surface area contributed by atoms with E-state index in [1.807, 2.05) is 36.4 Å². The number of fused-ring (bicyclic) bond motifs is 3. The summed E-state index contributed by atoms with van der Waals surface area (Å²) >= 11 is 0. The minimum atomic E-state index is -0.381. The van der Waals surface area contributed by atoms with E-state index < -0.39 is 0 Å². The van der Waals surface area contributed by atoms with Gasteiger partial charge in [0, 0.05) is 5.56 Å². The summed E-state index contributed by atoms with van der Waals surface area (Å²) in [6, 6.07) is 19.5. The van der Waals surface area contributed by atoms with Crippen molar-refractivity contribution < 1.29 is 9.18 Å². The van der Waals surface area contributed by atoms with E-state index in [-0.39, 0.29) is 17.1 Å². The summed E-state index contributed by atoms with van der Waals surface area (Å²) in [6.07, 6.45) is 1.36. The zero-order valence-corrected chi connectivity index (χ0v) is 17.3. The molecule has 0 aliphatic heterocycles. The highest BCUT2D eigenvalue weighted by atomic mass is 19.1. The molecule has 5 nitrogen and oxygen atoms in total. The number of aromatic nitrogens is 2. The Morgan fingerprint density at radius 3 is 2.48 bits per heavy atom. The highest BCUT2D eigenvalue weighted by Crippen LogP contribution is 2.41. The number of hydrogen-bond donors (Lipinski definition) is 0. The Balaban J connectivity index is 1.54. The van der Waals surface area contributed by atoms with Crippen molar-refractivity contribution in [2.75, 3.05) is 0 Å². The molecule has 1 aliphatic carbocycles. The molecular weight excluding hydrogens is 391 g/mol. The van der Waals surface area contributed by atoms with Gasteiger partial charge in [0.2, 0.25) is 0 Å². The number of nitrogens with zero attached hydrogens (tertiary/aromatic N) is 4. The fraction of sp³-hybridized carbons (Fsp3) is 0.200. The van der Waals surface area contributed by atoms with Crippen molar-refractivity contribution in [2.24, 2.45) is 15.6 Å². The van der Waals surface area contributed by atoms with Crippen LogP contribution in [0.2, 0.25) is 0 Å². The van der Waals surface area contributed by atoms with E-state index in [4.69, 9.17) is 0 Å². The second-order valence-corrected chi connectivity index (χ2v) is 8.72. The molecule has 3 aromatic carbocycles. The molecule has 0 atom stereocenters. The molecule has 6 heteroatoms.